The Morgan fingerprint density at radius 3 is 0.707 bits per heavy atom. The van der Waals surface area contributed by atoms with E-state index in [1.165, 1.54) is 165 Å². The minimum absolute atomic E-state index is 0.300. The molecule has 432 valence electrons. The highest BCUT2D eigenvalue weighted by Gasteiger charge is 2.45. The van der Waals surface area contributed by atoms with Gasteiger partial charge in [-0.2, -0.15) is 0 Å². The summed E-state index contributed by atoms with van der Waals surface area (Å²) in [5.41, 5.74) is 27.5. The second-order valence-corrected chi connectivity index (χ2v) is 26.6. The highest BCUT2D eigenvalue weighted by molar-refractivity contribution is 6.29. The van der Waals surface area contributed by atoms with Gasteiger partial charge in [-0.1, -0.05) is 258 Å². The number of fused-ring (bicyclic) bond motifs is 12. The van der Waals surface area contributed by atoms with Gasteiger partial charge < -0.3 is 9.80 Å². The third-order valence-corrected chi connectivity index (χ3v) is 21.1. The van der Waals surface area contributed by atoms with Crippen molar-refractivity contribution in [3.8, 4) is 66.8 Å². The Balaban J connectivity index is 0.750. The number of anilines is 6. The zero-order valence-electron chi connectivity index (χ0n) is 51.8. The van der Waals surface area contributed by atoms with E-state index in [1.807, 2.05) is 0 Å². The molecule has 19 rings (SSSR count). The molecule has 0 radical (unpaired) electrons. The summed E-state index contributed by atoms with van der Waals surface area (Å²) >= 11 is 0. The van der Waals surface area contributed by atoms with E-state index in [9.17, 15) is 0 Å². The predicted molar refractivity (Wildman–Crippen MR) is 391 cm³/mol. The molecule has 2 nitrogen and oxygen atoms in total. The topological polar surface area (TPSA) is 6.48 Å². The van der Waals surface area contributed by atoms with Crippen molar-refractivity contribution in [2.24, 2.45) is 0 Å². The highest BCUT2D eigenvalue weighted by atomic mass is 15.2. The molecule has 0 bridgehead atoms. The average molecular weight is 1170 g/mol. The average Bonchev–Trinajstić information content (AvgIpc) is 1.42. The summed E-state index contributed by atoms with van der Waals surface area (Å²) in [5, 5.41) is 15.0. The lowest BCUT2D eigenvalue weighted by atomic mass is 9.59. The van der Waals surface area contributed by atoms with Crippen LogP contribution in [-0.2, 0) is 10.8 Å². The van der Waals surface area contributed by atoms with Crippen LogP contribution < -0.4 is 9.80 Å². The van der Waals surface area contributed by atoms with Crippen molar-refractivity contribution < 1.29 is 0 Å². The molecule has 0 amide bonds. The lowest BCUT2D eigenvalue weighted by molar-refractivity contribution is 0.521. The molecule has 0 heterocycles. The number of hydrogen-bond donors (Lipinski definition) is 0. The van der Waals surface area contributed by atoms with Gasteiger partial charge in [-0.15, -0.1) is 0 Å². The summed E-state index contributed by atoms with van der Waals surface area (Å²) < 4.78 is 0. The first-order valence-electron chi connectivity index (χ1n) is 32.4. The van der Waals surface area contributed by atoms with Gasteiger partial charge in [-0.3, -0.25) is 0 Å². The third kappa shape index (κ3) is 7.32. The molecule has 16 aromatic rings. The Kier molecular flexibility index (Phi) is 11.2. The van der Waals surface area contributed by atoms with Crippen LogP contribution in [0.15, 0.2) is 303 Å². The Hall–Kier alpha value is -11.3. The van der Waals surface area contributed by atoms with E-state index in [-0.39, 0.29) is 10.8 Å². The lowest BCUT2D eigenvalue weighted by Gasteiger charge is -2.44. The van der Waals surface area contributed by atoms with Gasteiger partial charge in [0.2, 0.25) is 0 Å². The fraction of sp³-hybridized carbons (Fsp3) is 0.0667. The van der Waals surface area contributed by atoms with Gasteiger partial charge in [0.25, 0.3) is 0 Å². The first-order chi connectivity index (χ1) is 45.2. The second kappa shape index (κ2) is 19.6. The van der Waals surface area contributed by atoms with Crippen molar-refractivity contribution in [2.45, 2.75) is 38.5 Å². The molecule has 3 aliphatic carbocycles. The van der Waals surface area contributed by atoms with E-state index < -0.39 is 0 Å². The van der Waals surface area contributed by atoms with Crippen molar-refractivity contribution in [2.75, 3.05) is 9.80 Å². The summed E-state index contributed by atoms with van der Waals surface area (Å²) in [6.45, 7) is 9.92. The van der Waals surface area contributed by atoms with Crippen LogP contribution in [-0.4, -0.2) is 0 Å². The van der Waals surface area contributed by atoms with Crippen molar-refractivity contribution in [1.82, 2.24) is 0 Å². The molecule has 0 aliphatic heterocycles. The normalized spacial score (nSPS) is 13.6. The summed E-state index contributed by atoms with van der Waals surface area (Å²) in [6, 6.07) is 114. The minimum atomic E-state index is -0.300. The molecule has 92 heavy (non-hydrogen) atoms. The fourth-order valence-electron chi connectivity index (χ4n) is 17.0. The van der Waals surface area contributed by atoms with Crippen molar-refractivity contribution in [3.63, 3.8) is 0 Å². The Labute approximate surface area is 536 Å². The van der Waals surface area contributed by atoms with Crippen molar-refractivity contribution in [3.05, 3.63) is 326 Å². The van der Waals surface area contributed by atoms with Crippen molar-refractivity contribution in [1.29, 1.82) is 0 Å². The first-order valence-corrected chi connectivity index (χ1v) is 32.4. The molecule has 0 unspecified atom stereocenters. The molecule has 0 aromatic heterocycles. The molecule has 0 fully saturated rings. The zero-order chi connectivity index (χ0) is 61.1. The van der Waals surface area contributed by atoms with Gasteiger partial charge in [0.1, 0.15) is 0 Å². The third-order valence-electron chi connectivity index (χ3n) is 21.1. The smallest absolute Gasteiger partial charge is 0.0618 e. The SMILES string of the molecule is CC1(C)c2cc3c(cc2C(C)(C)c2cc4c(cc21)-c1ccc(-c2c5ccccc5c(N(c5ccccc5)c5ccccc5)c5ccccc25)c2cccc-4c12)-c1ccc(-c2c4ccccc4c(N(c4ccccc4)c4ccccc4)c4ccccc24)c2cccc-3c12. The molecule has 0 saturated heterocycles. The summed E-state index contributed by atoms with van der Waals surface area (Å²) in [6.07, 6.45) is 0. The number of para-hydroxylation sites is 4. The van der Waals surface area contributed by atoms with E-state index in [2.05, 4.69) is 341 Å². The maximum atomic E-state index is 2.60. The highest BCUT2D eigenvalue weighted by Crippen LogP contribution is 2.61. The molecular weight excluding hydrogens is 1110 g/mol. The van der Waals surface area contributed by atoms with Crippen LogP contribution in [0.25, 0.3) is 131 Å². The molecule has 0 N–H and O–H groups in total. The van der Waals surface area contributed by atoms with Crippen LogP contribution in [0.5, 0.6) is 0 Å². The van der Waals surface area contributed by atoms with E-state index in [0.717, 1.165) is 22.7 Å². The van der Waals surface area contributed by atoms with Crippen molar-refractivity contribution >= 4 is 98.8 Å². The minimum Gasteiger partial charge on any atom is -0.309 e. The number of nitrogens with zero attached hydrogens (tertiary/aromatic N) is 2. The number of rotatable bonds is 8. The summed E-state index contributed by atoms with van der Waals surface area (Å²) in [7, 11) is 0. The molecule has 2 heteroatoms. The van der Waals surface area contributed by atoms with Crippen LogP contribution in [0.4, 0.5) is 34.1 Å². The quantitative estimate of drug-likeness (QED) is 0.140. The molecule has 0 spiro atoms. The van der Waals surface area contributed by atoms with E-state index in [1.54, 1.807) is 0 Å². The van der Waals surface area contributed by atoms with Gasteiger partial charge in [-0.25, -0.2) is 0 Å². The van der Waals surface area contributed by atoms with Gasteiger partial charge >= 0.3 is 0 Å². The number of hydrogen-bond acceptors (Lipinski definition) is 2. The summed E-state index contributed by atoms with van der Waals surface area (Å²) in [4.78, 5) is 4.89. The molecule has 16 aromatic carbocycles. The summed E-state index contributed by atoms with van der Waals surface area (Å²) in [5.74, 6) is 0. The van der Waals surface area contributed by atoms with Gasteiger partial charge in [0.15, 0.2) is 0 Å². The van der Waals surface area contributed by atoms with Gasteiger partial charge in [0, 0.05) is 55.1 Å². The van der Waals surface area contributed by atoms with Gasteiger partial charge in [0.05, 0.1) is 11.4 Å². The van der Waals surface area contributed by atoms with E-state index in [0.29, 0.717) is 0 Å². The predicted octanol–water partition coefficient (Wildman–Crippen LogP) is 25.1. The monoisotopic (exact) mass is 1170 g/mol. The first kappa shape index (κ1) is 52.6. The van der Waals surface area contributed by atoms with Crippen LogP contribution in [0.3, 0.4) is 0 Å². The van der Waals surface area contributed by atoms with Crippen LogP contribution in [0.1, 0.15) is 49.9 Å². The standard InChI is InChI=1S/C90H62N2/c1-89(2)79-51-75-65-45-25-43-59-68(86-63-37-19-23-41-73(63)88(74-42-24-20-38-64(74)86)92(57-31-13-7-14-32-57)58-33-15-8-16-34-58)48-50-70(83(59)65)78(75)54-82(79)90(3,4)80-52-76-66-46-26-44-60-67(47-49-69(84(60)66)77(76)53-81(80)89)85-61-35-17-21-39-71(61)87(72-40-22-18-36-62(72)85)91(55-27-9-5-10-28-55)56-29-11-6-12-30-56/h5-54H,1-4H3. The second-order valence-electron chi connectivity index (χ2n) is 26.6. The maximum absolute atomic E-state index is 2.60. The molecule has 0 saturated carbocycles. The fourth-order valence-corrected chi connectivity index (χ4v) is 17.0. The molecular formula is C90H62N2. The van der Waals surface area contributed by atoms with E-state index in [4.69, 9.17) is 0 Å². The van der Waals surface area contributed by atoms with E-state index >= 15 is 0 Å². The maximum Gasteiger partial charge on any atom is 0.0618 e. The van der Waals surface area contributed by atoms with Crippen LogP contribution in [0, 0.1) is 0 Å². The largest absolute Gasteiger partial charge is 0.309 e. The van der Waals surface area contributed by atoms with Gasteiger partial charge in [-0.05, 0) is 205 Å². The number of benzene rings is 16. The zero-order valence-corrected chi connectivity index (χ0v) is 51.8. The Morgan fingerprint density at radius 1 is 0.196 bits per heavy atom. The van der Waals surface area contributed by atoms with Crippen LogP contribution in [0.2, 0.25) is 0 Å². The molecule has 0 atom stereocenters. The lowest BCUT2D eigenvalue weighted by Crippen LogP contribution is -2.36. The Bertz CT molecular complexity index is 5170. The molecule has 3 aliphatic rings. The Morgan fingerprint density at radius 2 is 0.424 bits per heavy atom. The van der Waals surface area contributed by atoms with Crippen LogP contribution >= 0.6 is 0 Å².